The first-order valence-electron chi connectivity index (χ1n) is 6.16. The Morgan fingerprint density at radius 1 is 1.35 bits per heavy atom. The van der Waals surface area contributed by atoms with E-state index in [0.29, 0.717) is 18.8 Å². The van der Waals surface area contributed by atoms with Gasteiger partial charge in [0.05, 0.1) is 0 Å². The molecule has 2 aliphatic heterocycles. The van der Waals surface area contributed by atoms with Gasteiger partial charge in [-0.1, -0.05) is 0 Å². The Morgan fingerprint density at radius 2 is 2.18 bits per heavy atom. The molecule has 4 heteroatoms. The maximum absolute atomic E-state index is 5.78. The molecular formula is C13H18N2O2. The molecule has 1 aromatic rings. The molecule has 0 amide bonds. The molecule has 2 heterocycles. The van der Waals surface area contributed by atoms with Crippen LogP contribution in [0.2, 0.25) is 0 Å². The van der Waals surface area contributed by atoms with Crippen LogP contribution in [0.3, 0.4) is 0 Å². The van der Waals surface area contributed by atoms with Crippen LogP contribution >= 0.6 is 0 Å². The Bertz CT molecular complexity index is 422. The summed E-state index contributed by atoms with van der Waals surface area (Å²) in [5, 5.41) is 0. The number of hydrogen-bond acceptors (Lipinski definition) is 4. The minimum atomic E-state index is 0.333. The minimum Gasteiger partial charge on any atom is -0.454 e. The maximum atomic E-state index is 5.78. The summed E-state index contributed by atoms with van der Waals surface area (Å²) in [5.41, 5.74) is 6.99. The number of ether oxygens (including phenoxy) is 2. The van der Waals surface area contributed by atoms with Gasteiger partial charge in [0.1, 0.15) is 0 Å². The summed E-state index contributed by atoms with van der Waals surface area (Å²) in [6, 6.07) is 6.65. The lowest BCUT2D eigenvalue weighted by atomic mass is 10.0. The molecule has 17 heavy (non-hydrogen) atoms. The van der Waals surface area contributed by atoms with Crippen molar-refractivity contribution < 1.29 is 9.47 Å². The first-order valence-corrected chi connectivity index (χ1v) is 6.16. The highest BCUT2D eigenvalue weighted by molar-refractivity contribution is 5.58. The van der Waals surface area contributed by atoms with Crippen molar-refractivity contribution in [2.24, 2.45) is 11.7 Å². The largest absolute Gasteiger partial charge is 0.454 e. The Hall–Kier alpha value is -1.42. The third-order valence-electron chi connectivity index (χ3n) is 3.91. The van der Waals surface area contributed by atoms with E-state index in [1.165, 1.54) is 12.1 Å². The van der Waals surface area contributed by atoms with Gasteiger partial charge in [-0.05, 0) is 37.9 Å². The van der Waals surface area contributed by atoms with Crippen LogP contribution < -0.4 is 20.1 Å². The van der Waals surface area contributed by atoms with Gasteiger partial charge in [0.25, 0.3) is 0 Å². The first kappa shape index (κ1) is 10.7. The van der Waals surface area contributed by atoms with Gasteiger partial charge in [0, 0.05) is 24.3 Å². The van der Waals surface area contributed by atoms with E-state index in [1.54, 1.807) is 0 Å². The lowest BCUT2D eigenvalue weighted by Crippen LogP contribution is -2.32. The number of nitrogens with zero attached hydrogens (tertiary/aromatic N) is 1. The molecule has 2 unspecified atom stereocenters. The average Bonchev–Trinajstić information content (AvgIpc) is 2.94. The van der Waals surface area contributed by atoms with Gasteiger partial charge >= 0.3 is 0 Å². The molecule has 1 fully saturated rings. The van der Waals surface area contributed by atoms with Gasteiger partial charge in [-0.2, -0.15) is 0 Å². The maximum Gasteiger partial charge on any atom is 0.231 e. The molecule has 92 valence electrons. The normalized spacial score (nSPS) is 26.6. The highest BCUT2D eigenvalue weighted by Gasteiger charge is 2.30. The van der Waals surface area contributed by atoms with Crippen molar-refractivity contribution in [3.05, 3.63) is 18.2 Å². The van der Waals surface area contributed by atoms with Crippen molar-refractivity contribution in [3.8, 4) is 11.5 Å². The van der Waals surface area contributed by atoms with Crippen LogP contribution in [-0.2, 0) is 0 Å². The summed E-state index contributed by atoms with van der Waals surface area (Å²) in [6.07, 6.45) is 1.17. The summed E-state index contributed by atoms with van der Waals surface area (Å²) in [4.78, 5) is 2.40. The number of benzene rings is 1. The summed E-state index contributed by atoms with van der Waals surface area (Å²) in [5.74, 6) is 2.29. The van der Waals surface area contributed by atoms with Gasteiger partial charge < -0.3 is 20.1 Å². The molecule has 0 saturated carbocycles. The van der Waals surface area contributed by atoms with E-state index in [0.717, 1.165) is 24.6 Å². The van der Waals surface area contributed by atoms with Crippen LogP contribution in [0.4, 0.5) is 5.69 Å². The highest BCUT2D eigenvalue weighted by Crippen LogP contribution is 2.38. The quantitative estimate of drug-likeness (QED) is 0.844. The van der Waals surface area contributed by atoms with Gasteiger partial charge in [-0.15, -0.1) is 0 Å². The van der Waals surface area contributed by atoms with Crippen LogP contribution in [0.5, 0.6) is 11.5 Å². The fourth-order valence-electron chi connectivity index (χ4n) is 2.75. The van der Waals surface area contributed by atoms with Crippen LogP contribution in [0.15, 0.2) is 18.2 Å². The van der Waals surface area contributed by atoms with Gasteiger partial charge in [0.2, 0.25) is 6.79 Å². The molecule has 4 nitrogen and oxygen atoms in total. The second kappa shape index (κ2) is 4.11. The van der Waals surface area contributed by atoms with Crippen molar-refractivity contribution in [2.45, 2.75) is 19.4 Å². The predicted octanol–water partition coefficient (Wildman–Crippen LogP) is 1.59. The van der Waals surface area contributed by atoms with Crippen molar-refractivity contribution in [1.82, 2.24) is 0 Å². The fraction of sp³-hybridized carbons (Fsp3) is 0.538. The van der Waals surface area contributed by atoms with Crippen molar-refractivity contribution in [2.75, 3.05) is 24.8 Å². The molecule has 2 N–H and O–H groups in total. The average molecular weight is 234 g/mol. The number of rotatable bonds is 2. The van der Waals surface area contributed by atoms with Crippen LogP contribution in [0.1, 0.15) is 13.3 Å². The summed E-state index contributed by atoms with van der Waals surface area (Å²) in [6.45, 7) is 4.42. The van der Waals surface area contributed by atoms with Crippen molar-refractivity contribution in [3.63, 3.8) is 0 Å². The van der Waals surface area contributed by atoms with E-state index in [-0.39, 0.29) is 0 Å². The van der Waals surface area contributed by atoms with E-state index in [9.17, 15) is 0 Å². The standard InChI is InChI=1S/C13H18N2O2/c1-9-10(7-14)4-5-15(9)11-2-3-12-13(6-11)17-8-16-12/h2-3,6,9-10H,4-5,7-8,14H2,1H3. The van der Waals surface area contributed by atoms with E-state index in [2.05, 4.69) is 24.0 Å². The zero-order valence-corrected chi connectivity index (χ0v) is 10.1. The second-order valence-corrected chi connectivity index (χ2v) is 4.76. The van der Waals surface area contributed by atoms with Crippen LogP contribution in [-0.4, -0.2) is 25.9 Å². The minimum absolute atomic E-state index is 0.333. The molecule has 0 spiro atoms. The molecule has 1 saturated heterocycles. The van der Waals surface area contributed by atoms with Gasteiger partial charge in [-0.3, -0.25) is 0 Å². The Morgan fingerprint density at radius 3 is 2.94 bits per heavy atom. The highest BCUT2D eigenvalue weighted by atomic mass is 16.7. The lowest BCUT2D eigenvalue weighted by Gasteiger charge is -2.26. The molecule has 0 radical (unpaired) electrons. The monoisotopic (exact) mass is 234 g/mol. The molecule has 2 atom stereocenters. The molecule has 1 aromatic carbocycles. The number of nitrogens with two attached hydrogens (primary N) is 1. The summed E-state index contributed by atoms with van der Waals surface area (Å²) < 4.78 is 10.7. The topological polar surface area (TPSA) is 47.7 Å². The van der Waals surface area contributed by atoms with E-state index in [1.807, 2.05) is 6.07 Å². The molecule has 0 aromatic heterocycles. The van der Waals surface area contributed by atoms with E-state index >= 15 is 0 Å². The van der Waals surface area contributed by atoms with Crippen molar-refractivity contribution >= 4 is 5.69 Å². The second-order valence-electron chi connectivity index (χ2n) is 4.76. The molecular weight excluding hydrogens is 216 g/mol. The number of anilines is 1. The van der Waals surface area contributed by atoms with Crippen molar-refractivity contribution in [1.29, 1.82) is 0 Å². The Kier molecular flexibility index (Phi) is 2.59. The Labute approximate surface area is 101 Å². The molecule has 0 bridgehead atoms. The fourth-order valence-corrected chi connectivity index (χ4v) is 2.75. The first-order chi connectivity index (χ1) is 8.29. The number of hydrogen-bond donors (Lipinski definition) is 1. The summed E-state index contributed by atoms with van der Waals surface area (Å²) >= 11 is 0. The summed E-state index contributed by atoms with van der Waals surface area (Å²) in [7, 11) is 0. The molecule has 3 rings (SSSR count). The Balaban J connectivity index is 1.85. The van der Waals surface area contributed by atoms with Crippen LogP contribution in [0.25, 0.3) is 0 Å². The predicted molar refractivity (Wildman–Crippen MR) is 66.5 cm³/mol. The zero-order chi connectivity index (χ0) is 11.8. The van der Waals surface area contributed by atoms with Gasteiger partial charge in [0.15, 0.2) is 11.5 Å². The molecule has 2 aliphatic rings. The van der Waals surface area contributed by atoms with E-state index in [4.69, 9.17) is 15.2 Å². The molecule has 0 aliphatic carbocycles. The van der Waals surface area contributed by atoms with Crippen LogP contribution in [0, 0.1) is 5.92 Å². The third-order valence-corrected chi connectivity index (χ3v) is 3.91. The smallest absolute Gasteiger partial charge is 0.231 e. The van der Waals surface area contributed by atoms with Gasteiger partial charge in [-0.25, -0.2) is 0 Å². The third kappa shape index (κ3) is 1.72. The lowest BCUT2D eigenvalue weighted by molar-refractivity contribution is 0.174. The van der Waals surface area contributed by atoms with E-state index < -0.39 is 0 Å². The number of fused-ring (bicyclic) bond motifs is 1. The zero-order valence-electron chi connectivity index (χ0n) is 10.1. The SMILES string of the molecule is CC1C(CN)CCN1c1ccc2c(c1)OCO2.